The van der Waals surface area contributed by atoms with Crippen LogP contribution in [0.2, 0.25) is 0 Å². The van der Waals surface area contributed by atoms with E-state index in [4.69, 9.17) is 5.11 Å². The highest BCUT2D eigenvalue weighted by atomic mass is 19.1. The van der Waals surface area contributed by atoms with E-state index in [1.807, 2.05) is 0 Å². The van der Waals surface area contributed by atoms with Gasteiger partial charge in [-0.25, -0.2) is 9.18 Å². The first-order valence-corrected chi connectivity index (χ1v) is 5.17. The Morgan fingerprint density at radius 1 is 1.42 bits per heavy atom. The monoisotopic (exact) mass is 265 g/mol. The number of benzene rings is 1. The zero-order valence-corrected chi connectivity index (χ0v) is 9.49. The molecule has 0 spiro atoms. The number of aromatic carboxylic acids is 1. The second kappa shape index (κ2) is 4.84. The minimum absolute atomic E-state index is 0.119. The van der Waals surface area contributed by atoms with Gasteiger partial charge in [-0.2, -0.15) is 4.68 Å². The molecule has 0 fully saturated rings. The van der Waals surface area contributed by atoms with Crippen LogP contribution in [0.4, 0.5) is 10.2 Å². The van der Waals surface area contributed by atoms with Crippen LogP contribution in [0.1, 0.15) is 15.9 Å². The van der Waals surface area contributed by atoms with Crippen LogP contribution in [-0.4, -0.2) is 25.8 Å². The second-order valence-corrected chi connectivity index (χ2v) is 3.75. The summed E-state index contributed by atoms with van der Waals surface area (Å²) in [5.74, 6) is -2.53. The van der Waals surface area contributed by atoms with Gasteiger partial charge < -0.3 is 15.2 Å². The summed E-state index contributed by atoms with van der Waals surface area (Å²) in [7, 11) is 0. The highest BCUT2D eigenvalue weighted by Crippen LogP contribution is 2.16. The third kappa shape index (κ3) is 2.73. The van der Waals surface area contributed by atoms with Gasteiger partial charge in [0.2, 0.25) is 0 Å². The Hall–Kier alpha value is -2.77. The Morgan fingerprint density at radius 2 is 2.05 bits per heavy atom. The molecule has 1 aromatic heterocycles. The summed E-state index contributed by atoms with van der Waals surface area (Å²) in [6.07, 6.45) is 1.07. The van der Waals surface area contributed by atoms with Gasteiger partial charge in [0.15, 0.2) is 5.56 Å². The van der Waals surface area contributed by atoms with Crippen molar-refractivity contribution in [3.05, 3.63) is 57.5 Å². The second-order valence-electron chi connectivity index (χ2n) is 3.75. The lowest BCUT2D eigenvalue weighted by atomic mass is 10.2. The first kappa shape index (κ1) is 12.7. The number of carboxylic acid groups (broad SMARTS) is 1. The molecule has 0 aliphatic rings. The Bertz CT molecular complexity index is 604. The highest BCUT2D eigenvalue weighted by molar-refractivity contribution is 5.91. The number of aromatic nitrogens is 2. The van der Waals surface area contributed by atoms with Crippen LogP contribution in [0.25, 0.3) is 0 Å². The molecule has 0 aliphatic heterocycles. The standard InChI is InChI=1S/C11H8FN3O4/c12-8-3-1-7(2-4-8)5-14-6-9(11(16)17)10(13-14)15(18)19/h1-4,6H,5H2,(H,16,17). The van der Waals surface area contributed by atoms with Gasteiger partial charge in [-0.05, 0) is 22.6 Å². The number of nitro groups is 1. The van der Waals surface area contributed by atoms with Gasteiger partial charge in [-0.1, -0.05) is 12.1 Å². The average Bonchev–Trinajstić information content (AvgIpc) is 2.76. The molecule has 0 unspecified atom stereocenters. The fraction of sp³-hybridized carbons (Fsp3) is 0.0909. The van der Waals surface area contributed by atoms with Gasteiger partial charge in [0, 0.05) is 0 Å². The Kier molecular flexibility index (Phi) is 3.23. The highest BCUT2D eigenvalue weighted by Gasteiger charge is 2.25. The SMILES string of the molecule is O=C(O)c1cn(Cc2ccc(F)cc2)nc1[N+](=O)[O-]. The van der Waals surface area contributed by atoms with Crippen molar-refractivity contribution < 1.29 is 19.2 Å². The third-order valence-corrected chi connectivity index (χ3v) is 2.40. The van der Waals surface area contributed by atoms with Crippen LogP contribution in [0.5, 0.6) is 0 Å². The van der Waals surface area contributed by atoms with E-state index in [9.17, 15) is 19.3 Å². The molecule has 98 valence electrons. The van der Waals surface area contributed by atoms with Gasteiger partial charge in [-0.3, -0.25) is 0 Å². The normalized spacial score (nSPS) is 10.4. The van der Waals surface area contributed by atoms with Crippen molar-refractivity contribution in [3.8, 4) is 0 Å². The molecule has 0 saturated carbocycles. The summed E-state index contributed by atoms with van der Waals surface area (Å²) in [5.41, 5.74) is 0.169. The van der Waals surface area contributed by atoms with Crippen molar-refractivity contribution in [2.45, 2.75) is 6.54 Å². The lowest BCUT2D eigenvalue weighted by Crippen LogP contribution is -2.01. The summed E-state index contributed by atoms with van der Waals surface area (Å²) in [6.45, 7) is 0.119. The first-order valence-electron chi connectivity index (χ1n) is 5.17. The maximum Gasteiger partial charge on any atom is 0.404 e. The van der Waals surface area contributed by atoms with E-state index in [1.165, 1.54) is 24.3 Å². The summed E-state index contributed by atoms with van der Waals surface area (Å²) >= 11 is 0. The van der Waals surface area contributed by atoms with Crippen molar-refractivity contribution in [1.82, 2.24) is 9.78 Å². The molecule has 0 saturated heterocycles. The molecular formula is C11H8FN3O4. The number of halogens is 1. The smallest absolute Gasteiger partial charge is 0.404 e. The molecule has 0 bridgehead atoms. The Morgan fingerprint density at radius 3 is 2.53 bits per heavy atom. The number of carboxylic acids is 1. The number of nitrogens with zero attached hydrogens (tertiary/aromatic N) is 3. The van der Waals surface area contributed by atoms with Crippen molar-refractivity contribution in [2.75, 3.05) is 0 Å². The Balaban J connectivity index is 2.31. The van der Waals surface area contributed by atoms with Crippen LogP contribution < -0.4 is 0 Å². The molecule has 0 aliphatic carbocycles. The summed E-state index contributed by atoms with van der Waals surface area (Å²) in [5, 5.41) is 23.1. The van der Waals surface area contributed by atoms with Gasteiger partial charge in [-0.15, -0.1) is 0 Å². The van der Waals surface area contributed by atoms with Gasteiger partial charge in [0.1, 0.15) is 5.82 Å². The van der Waals surface area contributed by atoms with Crippen LogP contribution >= 0.6 is 0 Å². The first-order chi connectivity index (χ1) is 8.97. The molecule has 2 rings (SSSR count). The number of hydrogen-bond donors (Lipinski definition) is 1. The topological polar surface area (TPSA) is 98.3 Å². The van der Waals surface area contributed by atoms with E-state index in [0.717, 1.165) is 10.9 Å². The predicted molar refractivity (Wildman–Crippen MR) is 61.3 cm³/mol. The van der Waals surface area contributed by atoms with Gasteiger partial charge >= 0.3 is 11.8 Å². The summed E-state index contributed by atoms with van der Waals surface area (Å²) < 4.78 is 13.8. The molecule has 7 nitrogen and oxygen atoms in total. The molecule has 19 heavy (non-hydrogen) atoms. The average molecular weight is 265 g/mol. The third-order valence-electron chi connectivity index (χ3n) is 2.40. The van der Waals surface area contributed by atoms with Crippen LogP contribution in [-0.2, 0) is 6.54 Å². The number of carbonyl (C=O) groups is 1. The minimum Gasteiger partial charge on any atom is -0.477 e. The zero-order chi connectivity index (χ0) is 14.0. The molecule has 1 heterocycles. The number of hydrogen-bond acceptors (Lipinski definition) is 4. The zero-order valence-electron chi connectivity index (χ0n) is 9.49. The minimum atomic E-state index is -1.42. The molecule has 0 radical (unpaired) electrons. The molecule has 0 atom stereocenters. The molecule has 2 aromatic rings. The van der Waals surface area contributed by atoms with Crippen LogP contribution in [0.3, 0.4) is 0 Å². The molecule has 8 heteroatoms. The molecule has 1 aromatic carbocycles. The van der Waals surface area contributed by atoms with Gasteiger partial charge in [0.05, 0.1) is 17.8 Å². The largest absolute Gasteiger partial charge is 0.477 e. The van der Waals surface area contributed by atoms with E-state index in [-0.39, 0.29) is 6.54 Å². The molecular weight excluding hydrogens is 257 g/mol. The van der Waals surface area contributed by atoms with Gasteiger partial charge in [0.25, 0.3) is 0 Å². The maximum atomic E-state index is 12.7. The maximum absolute atomic E-state index is 12.7. The van der Waals surface area contributed by atoms with Crippen molar-refractivity contribution in [1.29, 1.82) is 0 Å². The predicted octanol–water partition coefficient (Wildman–Crippen LogP) is 1.68. The lowest BCUT2D eigenvalue weighted by molar-refractivity contribution is -0.390. The van der Waals surface area contributed by atoms with E-state index in [1.54, 1.807) is 0 Å². The summed E-state index contributed by atoms with van der Waals surface area (Å²) in [4.78, 5) is 20.6. The lowest BCUT2D eigenvalue weighted by Gasteiger charge is -1.97. The van der Waals surface area contributed by atoms with E-state index >= 15 is 0 Å². The van der Waals surface area contributed by atoms with E-state index in [2.05, 4.69) is 5.10 Å². The molecule has 1 N–H and O–H groups in total. The summed E-state index contributed by atoms with van der Waals surface area (Å²) in [6, 6.07) is 5.46. The van der Waals surface area contributed by atoms with Crippen molar-refractivity contribution >= 4 is 11.8 Å². The quantitative estimate of drug-likeness (QED) is 0.669. The van der Waals surface area contributed by atoms with Crippen molar-refractivity contribution in [2.24, 2.45) is 0 Å². The fourth-order valence-electron chi connectivity index (χ4n) is 1.55. The van der Waals surface area contributed by atoms with Crippen LogP contribution in [0, 0.1) is 15.9 Å². The Labute approximate surface area is 106 Å². The van der Waals surface area contributed by atoms with E-state index < -0.39 is 28.1 Å². The number of rotatable bonds is 4. The molecule has 0 amide bonds. The fourth-order valence-corrected chi connectivity index (χ4v) is 1.55. The van der Waals surface area contributed by atoms with Crippen molar-refractivity contribution in [3.63, 3.8) is 0 Å². The van der Waals surface area contributed by atoms with Crippen LogP contribution in [0.15, 0.2) is 30.5 Å². The van der Waals surface area contributed by atoms with E-state index in [0.29, 0.717) is 5.56 Å².